The second-order valence-electron chi connectivity index (χ2n) is 7.85. The molecule has 9 heteroatoms. The molecule has 3 aromatic rings. The highest BCUT2D eigenvalue weighted by Crippen LogP contribution is 2.33. The third-order valence-electron chi connectivity index (χ3n) is 5.87. The number of hydrogen-bond acceptors (Lipinski definition) is 6. The number of benzene rings is 2. The van der Waals surface area contributed by atoms with Gasteiger partial charge in [0, 0.05) is 31.6 Å². The zero-order chi connectivity index (χ0) is 22.2. The molecule has 2 aromatic carbocycles. The molecule has 0 spiro atoms. The first-order chi connectivity index (χ1) is 15.5. The van der Waals surface area contributed by atoms with E-state index in [1.165, 1.54) is 16.4 Å². The van der Waals surface area contributed by atoms with Gasteiger partial charge in [0.2, 0.25) is 5.91 Å². The minimum absolute atomic E-state index is 0.0474. The molecule has 8 nitrogen and oxygen atoms in total. The monoisotopic (exact) mass is 450 g/mol. The Kier molecular flexibility index (Phi) is 5.26. The maximum Gasteiger partial charge on any atom is 0.274 e. The number of rotatable bonds is 3. The molecule has 3 amide bonds. The molecule has 32 heavy (non-hydrogen) atoms. The SMILES string of the molecule is C[C@H]1Oc2ccccc2N(CC(=O)N2CCN(C(=O)c3nsc4ccccc34)CC2)C1=O. The number of carbonyl (C=O) groups is 3. The second kappa shape index (κ2) is 8.23. The lowest BCUT2D eigenvalue weighted by atomic mass is 10.1. The Balaban J connectivity index is 1.24. The Hall–Kier alpha value is -3.46. The van der Waals surface area contributed by atoms with Crippen LogP contribution >= 0.6 is 11.5 Å². The van der Waals surface area contributed by atoms with Gasteiger partial charge >= 0.3 is 0 Å². The summed E-state index contributed by atoms with van der Waals surface area (Å²) in [5, 5.41) is 0.861. The van der Waals surface area contributed by atoms with Crippen molar-refractivity contribution in [2.45, 2.75) is 13.0 Å². The lowest BCUT2D eigenvalue weighted by Gasteiger charge is -2.37. The second-order valence-corrected chi connectivity index (χ2v) is 8.66. The van der Waals surface area contributed by atoms with Crippen molar-refractivity contribution < 1.29 is 19.1 Å². The van der Waals surface area contributed by atoms with E-state index in [0.717, 1.165) is 10.1 Å². The quantitative estimate of drug-likeness (QED) is 0.612. The van der Waals surface area contributed by atoms with Crippen LogP contribution in [0.2, 0.25) is 0 Å². The fourth-order valence-corrected chi connectivity index (χ4v) is 4.87. The van der Waals surface area contributed by atoms with Gasteiger partial charge in [-0.3, -0.25) is 19.3 Å². The van der Waals surface area contributed by atoms with E-state index in [-0.39, 0.29) is 24.3 Å². The third-order valence-corrected chi connectivity index (χ3v) is 6.69. The van der Waals surface area contributed by atoms with Gasteiger partial charge in [0.25, 0.3) is 11.8 Å². The molecule has 5 rings (SSSR count). The smallest absolute Gasteiger partial charge is 0.274 e. The molecule has 0 aliphatic carbocycles. The van der Waals surface area contributed by atoms with Gasteiger partial charge in [0.15, 0.2) is 6.10 Å². The maximum atomic E-state index is 13.0. The number of hydrogen-bond donors (Lipinski definition) is 0. The molecule has 0 N–H and O–H groups in total. The Bertz CT molecular complexity index is 1200. The van der Waals surface area contributed by atoms with Crippen LogP contribution in [-0.4, -0.2) is 70.7 Å². The zero-order valence-electron chi connectivity index (χ0n) is 17.6. The van der Waals surface area contributed by atoms with E-state index in [9.17, 15) is 14.4 Å². The largest absolute Gasteiger partial charge is 0.479 e. The molecule has 0 radical (unpaired) electrons. The molecule has 0 saturated carbocycles. The van der Waals surface area contributed by atoms with E-state index in [4.69, 9.17) is 4.74 Å². The van der Waals surface area contributed by atoms with Crippen molar-refractivity contribution in [1.82, 2.24) is 14.2 Å². The molecular weight excluding hydrogens is 428 g/mol. The molecule has 0 bridgehead atoms. The van der Waals surface area contributed by atoms with Crippen LogP contribution in [0.3, 0.4) is 0 Å². The van der Waals surface area contributed by atoms with Crippen LogP contribution in [0.1, 0.15) is 17.4 Å². The fourth-order valence-electron chi connectivity index (χ4n) is 4.11. The summed E-state index contributed by atoms with van der Waals surface area (Å²) in [6.07, 6.45) is -0.639. The van der Waals surface area contributed by atoms with Crippen molar-refractivity contribution in [3.8, 4) is 5.75 Å². The van der Waals surface area contributed by atoms with Crippen LogP contribution in [0.15, 0.2) is 48.5 Å². The Morgan fingerprint density at radius 2 is 1.72 bits per heavy atom. The summed E-state index contributed by atoms with van der Waals surface area (Å²) in [5.41, 5.74) is 1.07. The first-order valence-electron chi connectivity index (χ1n) is 10.5. The van der Waals surface area contributed by atoms with Crippen molar-refractivity contribution >= 4 is 45.0 Å². The van der Waals surface area contributed by atoms with E-state index in [0.29, 0.717) is 43.3 Å². The summed E-state index contributed by atoms with van der Waals surface area (Å²) in [7, 11) is 0. The predicted octanol–water partition coefficient (Wildman–Crippen LogP) is 2.39. The molecule has 2 aliphatic heterocycles. The molecular formula is C23H22N4O4S. The summed E-state index contributed by atoms with van der Waals surface area (Å²) in [4.78, 5) is 43.6. The van der Waals surface area contributed by atoms with Crippen molar-refractivity contribution in [3.05, 3.63) is 54.2 Å². The van der Waals surface area contributed by atoms with Gasteiger partial charge in [0.05, 0.1) is 10.4 Å². The standard InChI is InChI=1S/C23H22N4O4S/c1-15-22(29)27(17-7-3-4-8-18(17)31-15)14-20(28)25-10-12-26(13-11-25)23(30)21-16-6-2-5-9-19(16)32-24-21/h2-9,15H,10-14H2,1H3/t15-/m1/s1. The highest BCUT2D eigenvalue weighted by Gasteiger charge is 2.34. The highest BCUT2D eigenvalue weighted by molar-refractivity contribution is 7.13. The van der Waals surface area contributed by atoms with E-state index in [1.807, 2.05) is 36.4 Å². The van der Waals surface area contributed by atoms with Crippen LogP contribution in [0.25, 0.3) is 10.1 Å². The lowest BCUT2D eigenvalue weighted by molar-refractivity contribution is -0.134. The minimum Gasteiger partial charge on any atom is -0.479 e. The average Bonchev–Trinajstić information content (AvgIpc) is 3.26. The van der Waals surface area contributed by atoms with Gasteiger partial charge in [-0.2, -0.15) is 4.37 Å². The molecule has 1 fully saturated rings. The van der Waals surface area contributed by atoms with Crippen LogP contribution in [0, 0.1) is 0 Å². The van der Waals surface area contributed by atoms with Crippen molar-refractivity contribution in [1.29, 1.82) is 0 Å². The topological polar surface area (TPSA) is 83.1 Å². The van der Waals surface area contributed by atoms with Gasteiger partial charge < -0.3 is 14.5 Å². The summed E-state index contributed by atoms with van der Waals surface area (Å²) in [5.74, 6) is 0.105. The molecule has 2 aliphatic rings. The highest BCUT2D eigenvalue weighted by atomic mass is 32.1. The molecule has 164 valence electrons. The fraction of sp³-hybridized carbons (Fsp3) is 0.304. The first kappa shape index (κ1) is 20.4. The van der Waals surface area contributed by atoms with Gasteiger partial charge in [-0.25, -0.2) is 0 Å². The van der Waals surface area contributed by atoms with E-state index in [2.05, 4.69) is 4.37 Å². The molecule has 1 atom stereocenters. The normalized spacial score (nSPS) is 18.5. The predicted molar refractivity (Wildman–Crippen MR) is 121 cm³/mol. The van der Waals surface area contributed by atoms with Crippen molar-refractivity contribution in [3.63, 3.8) is 0 Å². The number of anilines is 1. The lowest BCUT2D eigenvalue weighted by Crippen LogP contribution is -2.54. The van der Waals surface area contributed by atoms with Gasteiger partial charge in [-0.1, -0.05) is 30.3 Å². The maximum absolute atomic E-state index is 13.0. The van der Waals surface area contributed by atoms with E-state index >= 15 is 0 Å². The summed E-state index contributed by atoms with van der Waals surface area (Å²) in [6, 6.07) is 14.9. The van der Waals surface area contributed by atoms with Gasteiger partial charge in [-0.05, 0) is 36.7 Å². The summed E-state index contributed by atoms with van der Waals surface area (Å²) in [6.45, 7) is 3.34. The first-order valence-corrected chi connectivity index (χ1v) is 11.3. The molecule has 0 unspecified atom stereocenters. The Morgan fingerprint density at radius 1 is 1.03 bits per heavy atom. The molecule has 1 saturated heterocycles. The summed E-state index contributed by atoms with van der Waals surface area (Å²) < 4.78 is 11.0. The van der Waals surface area contributed by atoms with Crippen molar-refractivity contribution in [2.75, 3.05) is 37.6 Å². The summed E-state index contributed by atoms with van der Waals surface area (Å²) >= 11 is 1.32. The minimum atomic E-state index is -0.639. The van der Waals surface area contributed by atoms with E-state index < -0.39 is 6.10 Å². The number of ether oxygens (including phenoxy) is 1. The number of para-hydroxylation sites is 2. The van der Waals surface area contributed by atoms with Crippen LogP contribution in [0.5, 0.6) is 5.75 Å². The number of amides is 3. The number of nitrogens with zero attached hydrogens (tertiary/aromatic N) is 4. The Morgan fingerprint density at radius 3 is 2.53 bits per heavy atom. The van der Waals surface area contributed by atoms with E-state index in [1.54, 1.807) is 28.9 Å². The zero-order valence-corrected chi connectivity index (χ0v) is 18.4. The number of fused-ring (bicyclic) bond motifs is 2. The number of carbonyl (C=O) groups excluding carboxylic acids is 3. The third kappa shape index (κ3) is 3.58. The van der Waals surface area contributed by atoms with Crippen LogP contribution in [0.4, 0.5) is 5.69 Å². The average molecular weight is 451 g/mol. The van der Waals surface area contributed by atoms with Gasteiger partial charge in [0.1, 0.15) is 18.0 Å². The number of piperazine rings is 1. The molecule has 1 aromatic heterocycles. The number of aromatic nitrogens is 1. The van der Waals surface area contributed by atoms with Gasteiger partial charge in [-0.15, -0.1) is 0 Å². The van der Waals surface area contributed by atoms with Crippen molar-refractivity contribution in [2.24, 2.45) is 0 Å². The van der Waals surface area contributed by atoms with Crippen LogP contribution < -0.4 is 9.64 Å². The Labute approximate surface area is 189 Å². The van der Waals surface area contributed by atoms with Crippen LogP contribution in [-0.2, 0) is 9.59 Å². The molecule has 3 heterocycles.